The van der Waals surface area contributed by atoms with E-state index in [9.17, 15) is 0 Å². The van der Waals surface area contributed by atoms with Gasteiger partial charge >= 0.3 is 0 Å². The molecule has 1 unspecified atom stereocenters. The molecule has 0 bridgehead atoms. The van der Waals surface area contributed by atoms with Gasteiger partial charge < -0.3 is 14.8 Å². The number of fused-ring (bicyclic) bond motifs is 1. The monoisotopic (exact) mass is 277 g/mol. The second-order valence-electron chi connectivity index (χ2n) is 5.31. The zero-order valence-electron chi connectivity index (χ0n) is 12.8. The van der Waals surface area contributed by atoms with E-state index in [4.69, 9.17) is 9.47 Å². The van der Waals surface area contributed by atoms with Crippen LogP contribution >= 0.6 is 0 Å². The average Bonchev–Trinajstić information content (AvgIpc) is 2.94. The summed E-state index contributed by atoms with van der Waals surface area (Å²) < 4.78 is 11.0. The Labute approximate surface area is 122 Å². The third kappa shape index (κ3) is 4.22. The lowest BCUT2D eigenvalue weighted by atomic mass is 9.99. The van der Waals surface area contributed by atoms with Gasteiger partial charge in [-0.25, -0.2) is 0 Å². The molecule has 1 aromatic rings. The van der Waals surface area contributed by atoms with Crippen LogP contribution in [0.2, 0.25) is 0 Å². The molecule has 1 aliphatic heterocycles. The normalized spacial score (nSPS) is 14.9. The molecule has 1 aliphatic rings. The van der Waals surface area contributed by atoms with Gasteiger partial charge in [0.1, 0.15) is 5.75 Å². The molecule has 2 rings (SSSR count). The highest BCUT2D eigenvalue weighted by atomic mass is 16.5. The Kier molecular flexibility index (Phi) is 6.34. The topological polar surface area (TPSA) is 30.5 Å². The van der Waals surface area contributed by atoms with E-state index in [1.807, 2.05) is 6.92 Å². The molecule has 0 spiro atoms. The quantitative estimate of drug-likeness (QED) is 0.701. The van der Waals surface area contributed by atoms with E-state index in [0.29, 0.717) is 6.04 Å². The van der Waals surface area contributed by atoms with E-state index in [1.165, 1.54) is 11.1 Å². The van der Waals surface area contributed by atoms with Crippen LogP contribution in [0.25, 0.3) is 0 Å². The number of rotatable bonds is 9. The average molecular weight is 277 g/mol. The van der Waals surface area contributed by atoms with Gasteiger partial charge in [0, 0.05) is 25.7 Å². The highest BCUT2D eigenvalue weighted by Gasteiger charge is 2.16. The first kappa shape index (κ1) is 15.3. The van der Waals surface area contributed by atoms with Crippen molar-refractivity contribution >= 4 is 0 Å². The van der Waals surface area contributed by atoms with Crippen molar-refractivity contribution in [3.63, 3.8) is 0 Å². The van der Waals surface area contributed by atoms with Crippen molar-refractivity contribution in [2.75, 3.05) is 26.4 Å². The summed E-state index contributed by atoms with van der Waals surface area (Å²) in [4.78, 5) is 0. The van der Waals surface area contributed by atoms with Crippen molar-refractivity contribution in [3.8, 4) is 5.75 Å². The van der Waals surface area contributed by atoms with Gasteiger partial charge in [0.25, 0.3) is 0 Å². The fourth-order valence-corrected chi connectivity index (χ4v) is 2.66. The van der Waals surface area contributed by atoms with Gasteiger partial charge in [-0.1, -0.05) is 19.1 Å². The number of hydrogen-bond acceptors (Lipinski definition) is 3. The third-order valence-electron chi connectivity index (χ3n) is 3.74. The van der Waals surface area contributed by atoms with Gasteiger partial charge in [-0.05, 0) is 49.9 Å². The predicted molar refractivity (Wildman–Crippen MR) is 82.4 cm³/mol. The molecule has 1 aromatic carbocycles. The smallest absolute Gasteiger partial charge is 0.122 e. The Balaban J connectivity index is 1.97. The molecule has 0 fully saturated rings. The summed E-state index contributed by atoms with van der Waals surface area (Å²) >= 11 is 0. The minimum absolute atomic E-state index is 0.432. The van der Waals surface area contributed by atoms with E-state index >= 15 is 0 Å². The zero-order valence-corrected chi connectivity index (χ0v) is 12.8. The summed E-state index contributed by atoms with van der Waals surface area (Å²) in [7, 11) is 0. The summed E-state index contributed by atoms with van der Waals surface area (Å²) in [6.45, 7) is 7.81. The molecule has 0 aromatic heterocycles. The molecule has 0 radical (unpaired) electrons. The van der Waals surface area contributed by atoms with Crippen LogP contribution in [0.15, 0.2) is 18.2 Å². The molecule has 20 heavy (non-hydrogen) atoms. The second kappa shape index (κ2) is 8.28. The summed E-state index contributed by atoms with van der Waals surface area (Å²) in [6, 6.07) is 7.08. The van der Waals surface area contributed by atoms with Crippen LogP contribution in [0.5, 0.6) is 5.75 Å². The fourth-order valence-electron chi connectivity index (χ4n) is 2.66. The van der Waals surface area contributed by atoms with Gasteiger partial charge in [-0.15, -0.1) is 0 Å². The van der Waals surface area contributed by atoms with E-state index in [1.54, 1.807) is 0 Å². The SMILES string of the molecule is CCCNC(CCCOCC)c1ccc2c(c1)CCO2. The number of hydrogen-bond donors (Lipinski definition) is 1. The largest absolute Gasteiger partial charge is 0.493 e. The summed E-state index contributed by atoms with van der Waals surface area (Å²) in [5.41, 5.74) is 2.75. The number of benzene rings is 1. The third-order valence-corrected chi connectivity index (χ3v) is 3.74. The number of nitrogens with one attached hydrogen (secondary N) is 1. The molecule has 0 amide bonds. The van der Waals surface area contributed by atoms with Crippen LogP contribution < -0.4 is 10.1 Å². The molecule has 0 saturated heterocycles. The lowest BCUT2D eigenvalue weighted by Gasteiger charge is -2.19. The fraction of sp³-hybridized carbons (Fsp3) is 0.647. The van der Waals surface area contributed by atoms with Crippen molar-refractivity contribution in [3.05, 3.63) is 29.3 Å². The van der Waals surface area contributed by atoms with Gasteiger partial charge in [0.2, 0.25) is 0 Å². The van der Waals surface area contributed by atoms with Crippen molar-refractivity contribution in [1.82, 2.24) is 5.32 Å². The Bertz CT molecular complexity index is 406. The molecular formula is C17H27NO2. The highest BCUT2D eigenvalue weighted by molar-refractivity contribution is 5.40. The van der Waals surface area contributed by atoms with Crippen LogP contribution in [0.3, 0.4) is 0 Å². The molecule has 1 N–H and O–H groups in total. The second-order valence-corrected chi connectivity index (χ2v) is 5.31. The lowest BCUT2D eigenvalue weighted by Crippen LogP contribution is -2.22. The van der Waals surface area contributed by atoms with Gasteiger partial charge in [-0.2, -0.15) is 0 Å². The van der Waals surface area contributed by atoms with Gasteiger partial charge in [0.15, 0.2) is 0 Å². The maximum absolute atomic E-state index is 5.59. The minimum atomic E-state index is 0.432. The zero-order chi connectivity index (χ0) is 14.2. The molecular weight excluding hydrogens is 250 g/mol. The van der Waals surface area contributed by atoms with Crippen LogP contribution in [0, 0.1) is 0 Å². The molecule has 112 valence electrons. The standard InChI is InChI=1S/C17H27NO2/c1-3-10-18-16(6-5-11-19-4-2)14-7-8-17-15(13-14)9-12-20-17/h7-8,13,16,18H,3-6,9-12H2,1-2H3. The molecule has 0 saturated carbocycles. The summed E-state index contributed by atoms with van der Waals surface area (Å²) in [5, 5.41) is 3.66. The number of ether oxygens (including phenoxy) is 2. The lowest BCUT2D eigenvalue weighted by molar-refractivity contribution is 0.141. The molecule has 3 heteroatoms. The Morgan fingerprint density at radius 2 is 2.25 bits per heavy atom. The van der Waals surface area contributed by atoms with E-state index in [-0.39, 0.29) is 0 Å². The Morgan fingerprint density at radius 1 is 1.35 bits per heavy atom. The van der Waals surface area contributed by atoms with Crippen molar-refractivity contribution in [2.24, 2.45) is 0 Å². The predicted octanol–water partition coefficient (Wildman–Crippen LogP) is 3.48. The first-order chi connectivity index (χ1) is 9.85. The maximum atomic E-state index is 5.59. The van der Waals surface area contributed by atoms with Crippen molar-refractivity contribution in [1.29, 1.82) is 0 Å². The maximum Gasteiger partial charge on any atom is 0.122 e. The van der Waals surface area contributed by atoms with Gasteiger partial charge in [-0.3, -0.25) is 0 Å². The molecule has 1 atom stereocenters. The Morgan fingerprint density at radius 3 is 3.05 bits per heavy atom. The van der Waals surface area contributed by atoms with Crippen LogP contribution in [0.4, 0.5) is 0 Å². The molecule has 0 aliphatic carbocycles. The van der Waals surface area contributed by atoms with Crippen LogP contribution in [0.1, 0.15) is 50.3 Å². The first-order valence-electron chi connectivity index (χ1n) is 7.92. The van der Waals surface area contributed by atoms with Gasteiger partial charge in [0.05, 0.1) is 6.61 Å². The first-order valence-corrected chi connectivity index (χ1v) is 7.92. The van der Waals surface area contributed by atoms with E-state index in [0.717, 1.165) is 57.8 Å². The Hall–Kier alpha value is -1.06. The summed E-state index contributed by atoms with van der Waals surface area (Å²) in [5.74, 6) is 1.07. The summed E-state index contributed by atoms with van der Waals surface area (Å²) in [6.07, 6.45) is 4.43. The molecule has 1 heterocycles. The van der Waals surface area contributed by atoms with Crippen molar-refractivity contribution < 1.29 is 9.47 Å². The van der Waals surface area contributed by atoms with E-state index < -0.39 is 0 Å². The van der Waals surface area contributed by atoms with E-state index in [2.05, 4.69) is 30.4 Å². The molecule has 3 nitrogen and oxygen atoms in total. The minimum Gasteiger partial charge on any atom is -0.493 e. The highest BCUT2D eigenvalue weighted by Crippen LogP contribution is 2.29. The van der Waals surface area contributed by atoms with Crippen molar-refractivity contribution in [2.45, 2.75) is 45.6 Å². The van der Waals surface area contributed by atoms with Crippen LogP contribution in [-0.2, 0) is 11.2 Å². The van der Waals surface area contributed by atoms with Crippen LogP contribution in [-0.4, -0.2) is 26.4 Å².